The van der Waals surface area contributed by atoms with Crippen molar-refractivity contribution < 1.29 is 5.48 Å². The van der Waals surface area contributed by atoms with Crippen LogP contribution in [-0.2, 0) is 0 Å². The summed E-state index contributed by atoms with van der Waals surface area (Å²) in [6.07, 6.45) is 3.80. The molecule has 2 aromatic rings. The van der Waals surface area contributed by atoms with Crippen molar-refractivity contribution in [2.24, 2.45) is 5.92 Å². The summed E-state index contributed by atoms with van der Waals surface area (Å²) in [4.78, 5) is 2.11. The number of benzene rings is 2. The van der Waals surface area contributed by atoms with Crippen molar-refractivity contribution in [2.45, 2.75) is 18.8 Å². The highest BCUT2D eigenvalue weighted by atomic mass is 35.5. The van der Waals surface area contributed by atoms with Crippen molar-refractivity contribution in [2.75, 3.05) is 13.1 Å². The molecular formula is C19H25ClN2O. The van der Waals surface area contributed by atoms with Crippen molar-refractivity contribution in [3.63, 3.8) is 0 Å². The summed E-state index contributed by atoms with van der Waals surface area (Å²) < 4.78 is 0. The van der Waals surface area contributed by atoms with E-state index in [1.54, 1.807) is 0 Å². The lowest BCUT2D eigenvalue weighted by molar-refractivity contribution is 0.253. The molecule has 3 rings (SSSR count). The van der Waals surface area contributed by atoms with Crippen molar-refractivity contribution >= 4 is 18.7 Å². The Labute approximate surface area is 144 Å². The third kappa shape index (κ3) is 4.57. The molecule has 0 aromatic heterocycles. The van der Waals surface area contributed by atoms with Crippen LogP contribution in [0.1, 0.15) is 29.9 Å². The zero-order valence-electron chi connectivity index (χ0n) is 13.2. The topological polar surface area (TPSA) is 58.6 Å². The van der Waals surface area contributed by atoms with E-state index in [0.717, 1.165) is 25.9 Å². The fourth-order valence-electron chi connectivity index (χ4n) is 3.44. The van der Waals surface area contributed by atoms with Crippen LogP contribution in [0, 0.1) is 11.3 Å². The molecule has 0 amide bonds. The summed E-state index contributed by atoms with van der Waals surface area (Å²) in [7, 11) is 0. The summed E-state index contributed by atoms with van der Waals surface area (Å²) in [5.74, 6) is 1.13. The molecule has 3 nitrogen and oxygen atoms in total. The summed E-state index contributed by atoms with van der Waals surface area (Å²) in [5, 5.41) is 7.40. The molecule has 0 saturated carbocycles. The first kappa shape index (κ1) is 19.2. The van der Waals surface area contributed by atoms with Crippen LogP contribution in [0.2, 0.25) is 0 Å². The fraction of sp³-hybridized carbons (Fsp3) is 0.316. The SMILES string of the molecule is Cl.N=CN1CCC(C(c2ccccc2)c2ccccc2)CC1.O. The van der Waals surface area contributed by atoms with Gasteiger partial charge in [-0.2, -0.15) is 0 Å². The Hall–Kier alpha value is -1.84. The first-order chi connectivity index (χ1) is 10.4. The van der Waals surface area contributed by atoms with Gasteiger partial charge in [0, 0.05) is 19.0 Å². The summed E-state index contributed by atoms with van der Waals surface area (Å²) >= 11 is 0. The minimum absolute atomic E-state index is 0. The molecule has 1 aliphatic heterocycles. The molecule has 124 valence electrons. The van der Waals surface area contributed by atoms with Gasteiger partial charge in [0.2, 0.25) is 0 Å². The highest BCUT2D eigenvalue weighted by Crippen LogP contribution is 2.37. The minimum Gasteiger partial charge on any atom is -0.412 e. The van der Waals surface area contributed by atoms with Crippen LogP contribution in [0.4, 0.5) is 0 Å². The van der Waals surface area contributed by atoms with E-state index in [0.29, 0.717) is 11.8 Å². The van der Waals surface area contributed by atoms with E-state index in [1.165, 1.54) is 17.5 Å². The number of piperidine rings is 1. The molecular weight excluding hydrogens is 308 g/mol. The third-order valence-corrected chi connectivity index (χ3v) is 4.55. The molecule has 0 aliphatic carbocycles. The van der Waals surface area contributed by atoms with Gasteiger partial charge in [0.1, 0.15) is 0 Å². The van der Waals surface area contributed by atoms with Gasteiger partial charge in [-0.15, -0.1) is 12.4 Å². The second-order valence-electron chi connectivity index (χ2n) is 5.80. The van der Waals surface area contributed by atoms with Gasteiger partial charge in [-0.05, 0) is 29.9 Å². The van der Waals surface area contributed by atoms with Crippen LogP contribution in [0.5, 0.6) is 0 Å². The summed E-state index contributed by atoms with van der Waals surface area (Å²) in [6, 6.07) is 21.7. The Morgan fingerprint density at radius 2 is 1.30 bits per heavy atom. The predicted octanol–water partition coefficient (Wildman–Crippen LogP) is 3.73. The number of likely N-dealkylation sites (tertiary alicyclic amines) is 1. The largest absolute Gasteiger partial charge is 0.412 e. The van der Waals surface area contributed by atoms with Gasteiger partial charge in [0.25, 0.3) is 0 Å². The molecule has 3 N–H and O–H groups in total. The maximum absolute atomic E-state index is 7.40. The second-order valence-corrected chi connectivity index (χ2v) is 5.80. The van der Waals surface area contributed by atoms with Crippen LogP contribution in [-0.4, -0.2) is 29.8 Å². The van der Waals surface area contributed by atoms with Crippen LogP contribution < -0.4 is 0 Å². The molecule has 0 radical (unpaired) electrons. The fourth-order valence-corrected chi connectivity index (χ4v) is 3.44. The van der Waals surface area contributed by atoms with Gasteiger partial charge in [-0.25, -0.2) is 0 Å². The van der Waals surface area contributed by atoms with Gasteiger partial charge < -0.3 is 10.4 Å². The molecule has 1 fully saturated rings. The average Bonchev–Trinajstić information content (AvgIpc) is 2.58. The Morgan fingerprint density at radius 3 is 1.70 bits per heavy atom. The molecule has 0 bridgehead atoms. The lowest BCUT2D eigenvalue weighted by Crippen LogP contribution is -2.34. The highest BCUT2D eigenvalue weighted by molar-refractivity contribution is 5.85. The van der Waals surface area contributed by atoms with Crippen LogP contribution in [0.25, 0.3) is 0 Å². The number of rotatable bonds is 4. The zero-order chi connectivity index (χ0) is 14.5. The van der Waals surface area contributed by atoms with Gasteiger partial charge >= 0.3 is 0 Å². The molecule has 1 heterocycles. The molecule has 2 aromatic carbocycles. The van der Waals surface area contributed by atoms with E-state index in [9.17, 15) is 0 Å². The minimum atomic E-state index is 0. The number of nitrogens with zero attached hydrogens (tertiary/aromatic N) is 1. The number of hydrogen-bond acceptors (Lipinski definition) is 1. The highest BCUT2D eigenvalue weighted by Gasteiger charge is 2.27. The Kier molecular flexibility index (Phi) is 7.79. The molecule has 1 saturated heterocycles. The van der Waals surface area contributed by atoms with Crippen LogP contribution >= 0.6 is 12.4 Å². The molecule has 0 atom stereocenters. The maximum atomic E-state index is 7.40. The maximum Gasteiger partial charge on any atom is 0.0817 e. The van der Waals surface area contributed by atoms with Gasteiger partial charge in [0.15, 0.2) is 0 Å². The lowest BCUT2D eigenvalue weighted by Gasteiger charge is -2.35. The first-order valence-electron chi connectivity index (χ1n) is 7.73. The quantitative estimate of drug-likeness (QED) is 0.673. The predicted molar refractivity (Wildman–Crippen MR) is 98.7 cm³/mol. The number of nitrogens with one attached hydrogen (secondary N) is 1. The standard InChI is InChI=1S/C19H22N2.ClH.H2O/c20-15-21-13-11-18(12-14-21)19(16-7-3-1-4-8-16)17-9-5-2-6-10-17;;/h1-10,15,18-20H,11-14H2;1H;1H2. The van der Waals surface area contributed by atoms with Gasteiger partial charge in [-0.3, -0.25) is 5.41 Å². The summed E-state index contributed by atoms with van der Waals surface area (Å²) in [5.41, 5.74) is 2.83. The molecule has 1 aliphatic rings. The Morgan fingerprint density at radius 1 is 0.870 bits per heavy atom. The number of hydrogen-bond donors (Lipinski definition) is 1. The first-order valence-corrected chi connectivity index (χ1v) is 7.73. The monoisotopic (exact) mass is 332 g/mol. The molecule has 0 spiro atoms. The lowest BCUT2D eigenvalue weighted by atomic mass is 9.76. The van der Waals surface area contributed by atoms with E-state index in [1.807, 2.05) is 0 Å². The normalized spacial score (nSPS) is 14.7. The van der Waals surface area contributed by atoms with Crippen molar-refractivity contribution in [1.29, 1.82) is 5.41 Å². The van der Waals surface area contributed by atoms with Crippen LogP contribution in [0.15, 0.2) is 60.7 Å². The molecule has 23 heavy (non-hydrogen) atoms. The van der Waals surface area contributed by atoms with E-state index >= 15 is 0 Å². The van der Waals surface area contributed by atoms with Gasteiger partial charge in [0.05, 0.1) is 6.34 Å². The molecule has 4 heteroatoms. The second kappa shape index (κ2) is 9.33. The summed E-state index contributed by atoms with van der Waals surface area (Å²) in [6.45, 7) is 2.01. The zero-order valence-corrected chi connectivity index (χ0v) is 14.0. The smallest absolute Gasteiger partial charge is 0.0817 e. The van der Waals surface area contributed by atoms with E-state index in [-0.39, 0.29) is 17.9 Å². The third-order valence-electron chi connectivity index (χ3n) is 4.55. The van der Waals surface area contributed by atoms with Gasteiger partial charge in [-0.1, -0.05) is 60.7 Å². The Balaban J connectivity index is 0.00000132. The van der Waals surface area contributed by atoms with Crippen LogP contribution in [0.3, 0.4) is 0 Å². The van der Waals surface area contributed by atoms with Crippen molar-refractivity contribution in [3.8, 4) is 0 Å². The van der Waals surface area contributed by atoms with Crippen molar-refractivity contribution in [1.82, 2.24) is 4.90 Å². The van der Waals surface area contributed by atoms with E-state index in [4.69, 9.17) is 5.41 Å². The van der Waals surface area contributed by atoms with Crippen molar-refractivity contribution in [3.05, 3.63) is 71.8 Å². The molecule has 0 unspecified atom stereocenters. The van der Waals surface area contributed by atoms with E-state index in [2.05, 4.69) is 65.6 Å². The number of halogens is 1. The Bertz CT molecular complexity index is 529. The average molecular weight is 333 g/mol. The van der Waals surface area contributed by atoms with E-state index < -0.39 is 0 Å².